The lowest BCUT2D eigenvalue weighted by Crippen LogP contribution is -2.05. The molecular weight excluding hydrogens is 200 g/mol. The zero-order chi connectivity index (χ0) is 11.5. The summed E-state index contributed by atoms with van der Waals surface area (Å²) in [5.74, 6) is 2.60. The van der Waals surface area contributed by atoms with E-state index in [1.54, 1.807) is 0 Å². The summed E-state index contributed by atoms with van der Waals surface area (Å²) in [6.45, 7) is 4.68. The van der Waals surface area contributed by atoms with Crippen LogP contribution >= 0.6 is 0 Å². The van der Waals surface area contributed by atoms with Crippen LogP contribution in [-0.4, -0.2) is 18.3 Å². The van der Waals surface area contributed by atoms with Crippen LogP contribution in [0.2, 0.25) is 0 Å². The van der Waals surface area contributed by atoms with E-state index < -0.39 is 0 Å². The normalized spacial score (nSPS) is 15.5. The van der Waals surface area contributed by atoms with Gasteiger partial charge in [0.25, 0.3) is 0 Å². The summed E-state index contributed by atoms with van der Waals surface area (Å²) in [4.78, 5) is 0. The van der Waals surface area contributed by atoms with Gasteiger partial charge < -0.3 is 9.84 Å². The largest absolute Gasteiger partial charge is 0.494 e. The minimum atomic E-state index is 0.0915. The Balaban J connectivity index is 2.29. The third kappa shape index (κ3) is 2.38. The Morgan fingerprint density at radius 3 is 2.75 bits per heavy atom. The second-order valence-electron chi connectivity index (χ2n) is 4.40. The van der Waals surface area contributed by atoms with Gasteiger partial charge in [0.05, 0.1) is 13.2 Å². The Bertz CT molecular complexity index is 356. The van der Waals surface area contributed by atoms with E-state index in [0.717, 1.165) is 23.1 Å². The maximum Gasteiger partial charge on any atom is 0.123 e. The van der Waals surface area contributed by atoms with Gasteiger partial charge in [-0.05, 0) is 37.3 Å². The van der Waals surface area contributed by atoms with Crippen molar-refractivity contribution in [3.05, 3.63) is 35.2 Å². The average molecular weight is 219 g/mol. The topological polar surface area (TPSA) is 29.5 Å². The van der Waals surface area contributed by atoms with Crippen molar-refractivity contribution < 1.29 is 9.84 Å². The van der Waals surface area contributed by atoms with Crippen LogP contribution in [0.15, 0.2) is 18.2 Å². The van der Waals surface area contributed by atoms with Gasteiger partial charge in [-0.2, -0.15) is 0 Å². The minimum Gasteiger partial charge on any atom is -0.494 e. The van der Waals surface area contributed by atoms with Crippen molar-refractivity contribution in [3.63, 3.8) is 0 Å². The van der Waals surface area contributed by atoms with Gasteiger partial charge in [-0.15, -0.1) is 0 Å². The molecule has 0 atom stereocenters. The summed E-state index contributed by atoms with van der Waals surface area (Å²) in [6, 6.07) is 6.36. The van der Waals surface area contributed by atoms with Crippen molar-refractivity contribution in [1.82, 2.24) is 0 Å². The molecule has 0 amide bonds. The number of aliphatic hydroxyl groups is 1. The molecule has 0 bridgehead atoms. The van der Waals surface area contributed by atoms with Crippen molar-refractivity contribution >= 4 is 0 Å². The summed E-state index contributed by atoms with van der Waals surface area (Å²) >= 11 is 0. The van der Waals surface area contributed by atoms with Gasteiger partial charge >= 0.3 is 0 Å². The molecule has 1 aromatic carbocycles. The number of benzene rings is 1. The molecule has 2 heteroatoms. The van der Waals surface area contributed by atoms with Crippen molar-refractivity contribution in [2.24, 2.45) is 0 Å². The number of hydrogen-bond acceptors (Lipinski definition) is 2. The number of rotatable bonds is 5. The smallest absolute Gasteiger partial charge is 0.123 e. The minimum absolute atomic E-state index is 0.0915. The molecule has 0 aliphatic heterocycles. The second-order valence-corrected chi connectivity index (χ2v) is 4.40. The van der Waals surface area contributed by atoms with Crippen LogP contribution in [0.3, 0.4) is 0 Å². The molecule has 1 aromatic rings. The van der Waals surface area contributed by atoms with Gasteiger partial charge in [-0.25, -0.2) is 0 Å². The summed E-state index contributed by atoms with van der Waals surface area (Å²) in [5.41, 5.74) is 2.44. The van der Waals surface area contributed by atoms with Crippen LogP contribution in [0.1, 0.15) is 43.7 Å². The molecule has 1 radical (unpaired) electrons. The fourth-order valence-electron chi connectivity index (χ4n) is 1.92. The average Bonchev–Trinajstić information content (AvgIpc) is 3.13. The first-order valence-corrected chi connectivity index (χ1v) is 5.96. The van der Waals surface area contributed by atoms with E-state index in [4.69, 9.17) is 4.74 Å². The van der Waals surface area contributed by atoms with Gasteiger partial charge in [0.1, 0.15) is 5.75 Å². The van der Waals surface area contributed by atoms with Gasteiger partial charge in [-0.3, -0.25) is 0 Å². The molecule has 0 aromatic heterocycles. The van der Waals surface area contributed by atoms with Crippen LogP contribution in [0.25, 0.3) is 0 Å². The Hall–Kier alpha value is -1.02. The summed E-state index contributed by atoms with van der Waals surface area (Å²) in [5, 5.41) is 9.23. The van der Waals surface area contributed by atoms with Gasteiger partial charge in [0.2, 0.25) is 0 Å². The number of aliphatic hydroxyl groups excluding tert-OH is 1. The second kappa shape index (κ2) is 4.88. The monoisotopic (exact) mass is 219 g/mol. The maximum atomic E-state index is 9.23. The standard InChI is InChI=1S/C14H19O2/c1-3-16-14-7-6-12(11-4-5-11)8-13(14)10(2)9-15/h6-8,11,15H,3-5,9H2,1-2H3. The van der Waals surface area contributed by atoms with Gasteiger partial charge in [-0.1, -0.05) is 19.1 Å². The molecule has 1 fully saturated rings. The molecule has 1 aliphatic rings. The number of ether oxygens (including phenoxy) is 1. The highest BCUT2D eigenvalue weighted by Gasteiger charge is 2.25. The molecule has 16 heavy (non-hydrogen) atoms. The van der Waals surface area contributed by atoms with E-state index >= 15 is 0 Å². The van der Waals surface area contributed by atoms with Crippen LogP contribution in [-0.2, 0) is 0 Å². The zero-order valence-electron chi connectivity index (χ0n) is 9.99. The lowest BCUT2D eigenvalue weighted by Gasteiger charge is -2.15. The molecule has 0 spiro atoms. The maximum absolute atomic E-state index is 9.23. The van der Waals surface area contributed by atoms with Crippen molar-refractivity contribution in [1.29, 1.82) is 0 Å². The summed E-state index contributed by atoms with van der Waals surface area (Å²) < 4.78 is 5.58. The van der Waals surface area contributed by atoms with Crippen LogP contribution in [0.5, 0.6) is 5.75 Å². The van der Waals surface area contributed by atoms with Crippen molar-refractivity contribution in [2.45, 2.75) is 32.6 Å². The SMILES string of the molecule is CCOc1ccc(C2CC2)cc1[C](C)CO. The molecule has 1 N–H and O–H groups in total. The Kier molecular flexibility index (Phi) is 3.49. The molecule has 0 saturated heterocycles. The lowest BCUT2D eigenvalue weighted by atomic mass is 9.97. The third-order valence-corrected chi connectivity index (χ3v) is 3.05. The molecule has 1 aliphatic carbocycles. The highest BCUT2D eigenvalue weighted by atomic mass is 16.5. The van der Waals surface area contributed by atoms with Crippen molar-refractivity contribution in [2.75, 3.05) is 13.2 Å². The molecule has 0 heterocycles. The summed E-state index contributed by atoms with van der Waals surface area (Å²) in [6.07, 6.45) is 2.59. The first-order chi connectivity index (χ1) is 7.76. The van der Waals surface area contributed by atoms with E-state index in [2.05, 4.69) is 12.1 Å². The quantitative estimate of drug-likeness (QED) is 0.825. The van der Waals surface area contributed by atoms with E-state index in [1.165, 1.54) is 18.4 Å². The van der Waals surface area contributed by atoms with E-state index in [1.807, 2.05) is 19.9 Å². The zero-order valence-corrected chi connectivity index (χ0v) is 9.99. The molecule has 2 rings (SSSR count). The van der Waals surface area contributed by atoms with Crippen molar-refractivity contribution in [3.8, 4) is 5.75 Å². The molecule has 1 saturated carbocycles. The van der Waals surface area contributed by atoms with Crippen LogP contribution in [0, 0.1) is 5.92 Å². The third-order valence-electron chi connectivity index (χ3n) is 3.05. The van der Waals surface area contributed by atoms with Crippen LogP contribution < -0.4 is 4.74 Å². The highest BCUT2D eigenvalue weighted by Crippen LogP contribution is 2.42. The molecular formula is C14H19O2. The fourth-order valence-corrected chi connectivity index (χ4v) is 1.92. The molecule has 87 valence electrons. The number of hydrogen-bond donors (Lipinski definition) is 1. The van der Waals surface area contributed by atoms with Gasteiger partial charge in [0, 0.05) is 11.5 Å². The Morgan fingerprint density at radius 2 is 2.19 bits per heavy atom. The predicted molar refractivity (Wildman–Crippen MR) is 64.7 cm³/mol. The highest BCUT2D eigenvalue weighted by molar-refractivity contribution is 5.47. The first kappa shape index (κ1) is 11.5. The predicted octanol–water partition coefficient (Wildman–Crippen LogP) is 2.90. The fraction of sp³-hybridized carbons (Fsp3) is 0.500. The lowest BCUT2D eigenvalue weighted by molar-refractivity contribution is 0.307. The Labute approximate surface area is 97.3 Å². The summed E-state index contributed by atoms with van der Waals surface area (Å²) in [7, 11) is 0. The van der Waals surface area contributed by atoms with Crippen LogP contribution in [0.4, 0.5) is 0 Å². The first-order valence-electron chi connectivity index (χ1n) is 5.96. The van der Waals surface area contributed by atoms with Gasteiger partial charge in [0.15, 0.2) is 0 Å². The molecule has 0 unspecified atom stereocenters. The Morgan fingerprint density at radius 1 is 1.44 bits per heavy atom. The molecule has 2 nitrogen and oxygen atoms in total. The van der Waals surface area contributed by atoms with E-state index in [0.29, 0.717) is 6.61 Å². The van der Waals surface area contributed by atoms with E-state index in [-0.39, 0.29) is 6.61 Å². The van der Waals surface area contributed by atoms with E-state index in [9.17, 15) is 5.11 Å².